The Hall–Kier alpha value is -1.75. The molecule has 1 unspecified atom stereocenters. The van der Waals surface area contributed by atoms with Gasteiger partial charge in [0.05, 0.1) is 7.11 Å². The fourth-order valence-corrected chi connectivity index (χ4v) is 2.83. The normalized spacial score (nSPS) is 17.5. The quantitative estimate of drug-likeness (QED) is 0.870. The molecule has 1 aliphatic rings. The second kappa shape index (κ2) is 7.31. The van der Waals surface area contributed by atoms with Crippen LogP contribution in [0.4, 0.5) is 5.69 Å². The van der Waals surface area contributed by atoms with Gasteiger partial charge in [0.15, 0.2) is 0 Å². The summed E-state index contributed by atoms with van der Waals surface area (Å²) in [5.41, 5.74) is 1.14. The molecular weight excluding hydrogens is 268 g/mol. The molecule has 0 saturated carbocycles. The van der Waals surface area contributed by atoms with Crippen LogP contribution in [0.2, 0.25) is 0 Å². The van der Waals surface area contributed by atoms with Crippen LogP contribution in [0.1, 0.15) is 19.8 Å². The summed E-state index contributed by atoms with van der Waals surface area (Å²) in [7, 11) is 1.67. The molecule has 0 radical (unpaired) electrons. The van der Waals surface area contributed by atoms with Crippen molar-refractivity contribution in [3.63, 3.8) is 0 Å². The molecule has 1 aromatic rings. The zero-order valence-electron chi connectivity index (χ0n) is 12.8. The summed E-state index contributed by atoms with van der Waals surface area (Å²) in [4.78, 5) is 15.7. The molecule has 0 spiro atoms. The first-order valence-corrected chi connectivity index (χ1v) is 7.51. The van der Waals surface area contributed by atoms with Crippen LogP contribution >= 0.6 is 0 Å². The first kappa shape index (κ1) is 15.6. The molecule has 1 fully saturated rings. The lowest BCUT2D eigenvalue weighted by Crippen LogP contribution is -2.52. The highest BCUT2D eigenvalue weighted by Gasteiger charge is 2.28. The largest absolute Gasteiger partial charge is 0.497 e. The van der Waals surface area contributed by atoms with Gasteiger partial charge >= 0.3 is 5.97 Å². The van der Waals surface area contributed by atoms with Crippen LogP contribution in [0.15, 0.2) is 24.3 Å². The first-order chi connectivity index (χ1) is 10.2. The van der Waals surface area contributed by atoms with E-state index in [9.17, 15) is 9.90 Å². The lowest BCUT2D eigenvalue weighted by molar-refractivity contribution is -0.143. The third-order valence-corrected chi connectivity index (χ3v) is 4.02. The number of hydrogen-bond acceptors (Lipinski definition) is 4. The molecule has 1 aromatic carbocycles. The molecule has 116 valence electrons. The van der Waals surface area contributed by atoms with E-state index in [0.29, 0.717) is 6.42 Å². The minimum atomic E-state index is -0.702. The number of ether oxygens (including phenoxy) is 1. The molecule has 0 aliphatic carbocycles. The van der Waals surface area contributed by atoms with Crippen molar-refractivity contribution in [1.82, 2.24) is 4.90 Å². The minimum Gasteiger partial charge on any atom is -0.497 e. The summed E-state index contributed by atoms with van der Waals surface area (Å²) in [5, 5.41) is 9.34. The van der Waals surface area contributed by atoms with Gasteiger partial charge in [-0.1, -0.05) is 19.4 Å². The third-order valence-electron chi connectivity index (χ3n) is 4.02. The molecule has 5 heteroatoms. The number of carbonyl (C=O) groups is 1. The Morgan fingerprint density at radius 3 is 2.62 bits per heavy atom. The standard InChI is InChI=1S/C16H24N2O3/c1-3-5-15(16(19)20)18-10-8-17(9-11-18)13-6-4-7-14(12-13)21-2/h4,6-7,12,15H,3,5,8-11H2,1-2H3,(H,19,20). The van der Waals surface area contributed by atoms with Gasteiger partial charge in [-0.25, -0.2) is 0 Å². The van der Waals surface area contributed by atoms with Crippen LogP contribution in [-0.2, 0) is 4.79 Å². The van der Waals surface area contributed by atoms with Crippen LogP contribution in [-0.4, -0.2) is 55.3 Å². The van der Waals surface area contributed by atoms with E-state index in [1.54, 1.807) is 7.11 Å². The zero-order valence-corrected chi connectivity index (χ0v) is 12.8. The molecule has 5 nitrogen and oxygen atoms in total. The number of anilines is 1. The van der Waals surface area contributed by atoms with Gasteiger partial charge in [-0.2, -0.15) is 0 Å². The van der Waals surface area contributed by atoms with E-state index in [-0.39, 0.29) is 6.04 Å². The van der Waals surface area contributed by atoms with E-state index in [1.807, 2.05) is 25.1 Å². The average Bonchev–Trinajstić information content (AvgIpc) is 2.52. The van der Waals surface area contributed by atoms with Gasteiger partial charge in [0.2, 0.25) is 0 Å². The first-order valence-electron chi connectivity index (χ1n) is 7.51. The fourth-order valence-electron chi connectivity index (χ4n) is 2.83. The van der Waals surface area contributed by atoms with Crippen LogP contribution in [0, 0.1) is 0 Å². The highest BCUT2D eigenvalue weighted by atomic mass is 16.5. The second-order valence-corrected chi connectivity index (χ2v) is 5.37. The zero-order chi connectivity index (χ0) is 15.2. The van der Waals surface area contributed by atoms with Crippen molar-refractivity contribution in [2.24, 2.45) is 0 Å². The predicted octanol–water partition coefficient (Wildman–Crippen LogP) is 2.07. The van der Waals surface area contributed by atoms with E-state index in [1.165, 1.54) is 0 Å². The molecule has 1 atom stereocenters. The van der Waals surface area contributed by atoms with E-state index < -0.39 is 5.97 Å². The Balaban J connectivity index is 1.97. The maximum atomic E-state index is 11.4. The molecule has 0 amide bonds. The summed E-state index contributed by atoms with van der Waals surface area (Å²) in [6.07, 6.45) is 1.61. The van der Waals surface area contributed by atoms with Crippen molar-refractivity contribution in [2.75, 3.05) is 38.2 Å². The van der Waals surface area contributed by atoms with Gasteiger partial charge in [0.1, 0.15) is 11.8 Å². The molecule has 21 heavy (non-hydrogen) atoms. The number of rotatable bonds is 6. The Labute approximate surface area is 126 Å². The molecule has 1 aliphatic heterocycles. The SMILES string of the molecule is CCCC(C(=O)O)N1CCN(c2cccc(OC)c2)CC1. The van der Waals surface area contributed by atoms with E-state index in [0.717, 1.165) is 44.0 Å². The van der Waals surface area contributed by atoms with Crippen molar-refractivity contribution < 1.29 is 14.6 Å². The number of piperazine rings is 1. The molecule has 1 heterocycles. The molecule has 1 saturated heterocycles. The summed E-state index contributed by atoms with van der Waals surface area (Å²) < 4.78 is 5.25. The van der Waals surface area contributed by atoms with Crippen LogP contribution in [0.5, 0.6) is 5.75 Å². The summed E-state index contributed by atoms with van der Waals surface area (Å²) in [6.45, 7) is 5.30. The monoisotopic (exact) mass is 292 g/mol. The van der Waals surface area contributed by atoms with Crippen LogP contribution < -0.4 is 9.64 Å². The van der Waals surface area contributed by atoms with Gasteiger partial charge in [0, 0.05) is 37.9 Å². The number of aliphatic carboxylic acids is 1. The average molecular weight is 292 g/mol. The summed E-state index contributed by atoms with van der Waals surface area (Å²) in [6, 6.07) is 7.66. The highest BCUT2D eigenvalue weighted by molar-refractivity contribution is 5.73. The van der Waals surface area contributed by atoms with E-state index in [4.69, 9.17) is 4.74 Å². The predicted molar refractivity (Wildman–Crippen MR) is 83.1 cm³/mol. The molecular formula is C16H24N2O3. The van der Waals surface area contributed by atoms with E-state index in [2.05, 4.69) is 15.9 Å². The Morgan fingerprint density at radius 1 is 1.33 bits per heavy atom. The van der Waals surface area contributed by atoms with Gasteiger partial charge in [0.25, 0.3) is 0 Å². The number of carboxylic acids is 1. The topological polar surface area (TPSA) is 53.0 Å². The van der Waals surface area contributed by atoms with Crippen molar-refractivity contribution in [1.29, 1.82) is 0 Å². The van der Waals surface area contributed by atoms with E-state index >= 15 is 0 Å². The number of methoxy groups -OCH3 is 1. The van der Waals surface area contributed by atoms with Crippen molar-refractivity contribution >= 4 is 11.7 Å². The number of benzene rings is 1. The summed E-state index contributed by atoms with van der Waals surface area (Å²) >= 11 is 0. The molecule has 0 aromatic heterocycles. The smallest absolute Gasteiger partial charge is 0.320 e. The van der Waals surface area contributed by atoms with Gasteiger partial charge in [-0.15, -0.1) is 0 Å². The van der Waals surface area contributed by atoms with Crippen molar-refractivity contribution in [3.05, 3.63) is 24.3 Å². The molecule has 0 bridgehead atoms. The van der Waals surface area contributed by atoms with Crippen molar-refractivity contribution in [2.45, 2.75) is 25.8 Å². The number of hydrogen-bond donors (Lipinski definition) is 1. The lowest BCUT2D eigenvalue weighted by atomic mass is 10.1. The minimum absolute atomic E-state index is 0.345. The number of nitrogens with zero attached hydrogens (tertiary/aromatic N) is 2. The van der Waals surface area contributed by atoms with Gasteiger partial charge in [-0.05, 0) is 18.6 Å². The molecule has 2 rings (SSSR count). The van der Waals surface area contributed by atoms with Crippen molar-refractivity contribution in [3.8, 4) is 5.75 Å². The van der Waals surface area contributed by atoms with Crippen LogP contribution in [0.3, 0.4) is 0 Å². The third kappa shape index (κ3) is 3.88. The maximum absolute atomic E-state index is 11.4. The Bertz CT molecular complexity index is 470. The Kier molecular flexibility index (Phi) is 5.44. The van der Waals surface area contributed by atoms with Crippen LogP contribution in [0.25, 0.3) is 0 Å². The second-order valence-electron chi connectivity index (χ2n) is 5.37. The van der Waals surface area contributed by atoms with Gasteiger partial charge < -0.3 is 14.7 Å². The fraction of sp³-hybridized carbons (Fsp3) is 0.562. The van der Waals surface area contributed by atoms with Gasteiger partial charge in [-0.3, -0.25) is 9.69 Å². The Morgan fingerprint density at radius 2 is 2.05 bits per heavy atom. The molecule has 1 N–H and O–H groups in total. The maximum Gasteiger partial charge on any atom is 0.320 e. The highest BCUT2D eigenvalue weighted by Crippen LogP contribution is 2.23. The summed E-state index contributed by atoms with van der Waals surface area (Å²) in [5.74, 6) is 0.149. The number of carboxylic acid groups (broad SMARTS) is 1. The lowest BCUT2D eigenvalue weighted by Gasteiger charge is -2.38.